The second-order valence-corrected chi connectivity index (χ2v) is 4.22. The van der Waals surface area contributed by atoms with E-state index in [1.807, 2.05) is 0 Å². The second kappa shape index (κ2) is 5.08. The first kappa shape index (κ1) is 13.7. The number of aliphatic hydroxyl groups excluding tert-OH is 1. The molecule has 19 heavy (non-hydrogen) atoms. The lowest BCUT2D eigenvalue weighted by molar-refractivity contribution is -0.138. The number of cyclic esters (lactones) is 1. The molecule has 4 nitrogen and oxygen atoms in total. The van der Waals surface area contributed by atoms with Crippen molar-refractivity contribution in [3.05, 3.63) is 35.4 Å². The minimum Gasteiger partial charge on any atom is -0.442 e. The number of ether oxygens (including phenoxy) is 1. The standard InChI is InChI=1S/C12H12F3NO3/c13-12(14,15)10-4-2-1-3-8(10)5-16-6-9(7-17)19-11(16)18/h1-4,9,17H,5-7H2/t9-/m1/s1. The van der Waals surface area contributed by atoms with Gasteiger partial charge in [0.2, 0.25) is 0 Å². The molecule has 1 aromatic rings. The number of amides is 1. The first-order chi connectivity index (χ1) is 8.91. The molecule has 104 valence electrons. The quantitative estimate of drug-likeness (QED) is 0.918. The van der Waals surface area contributed by atoms with Crippen LogP contribution in [0.25, 0.3) is 0 Å². The summed E-state index contributed by atoms with van der Waals surface area (Å²) in [5.41, 5.74) is -0.763. The zero-order chi connectivity index (χ0) is 14.0. The molecule has 0 aromatic heterocycles. The number of carbonyl (C=O) groups is 1. The summed E-state index contributed by atoms with van der Waals surface area (Å²) in [5, 5.41) is 8.87. The molecule has 0 aliphatic carbocycles. The van der Waals surface area contributed by atoms with E-state index in [4.69, 9.17) is 9.84 Å². The van der Waals surface area contributed by atoms with E-state index in [1.54, 1.807) is 0 Å². The zero-order valence-electron chi connectivity index (χ0n) is 9.85. The summed E-state index contributed by atoms with van der Waals surface area (Å²) in [6.45, 7) is -0.449. The average Bonchev–Trinajstić information content (AvgIpc) is 2.70. The molecule has 0 bridgehead atoms. The third-order valence-corrected chi connectivity index (χ3v) is 2.84. The third kappa shape index (κ3) is 2.98. The lowest BCUT2D eigenvalue weighted by Crippen LogP contribution is -2.26. The first-order valence-electron chi connectivity index (χ1n) is 5.63. The van der Waals surface area contributed by atoms with Crippen molar-refractivity contribution >= 4 is 6.09 Å². The van der Waals surface area contributed by atoms with Crippen LogP contribution in [0, 0.1) is 0 Å². The van der Waals surface area contributed by atoms with E-state index in [-0.39, 0.29) is 25.3 Å². The van der Waals surface area contributed by atoms with Gasteiger partial charge in [-0.1, -0.05) is 18.2 Å². The van der Waals surface area contributed by atoms with Gasteiger partial charge in [0.15, 0.2) is 0 Å². The number of hydrogen-bond acceptors (Lipinski definition) is 3. The van der Waals surface area contributed by atoms with Crippen LogP contribution in [0.3, 0.4) is 0 Å². The molecular formula is C12H12F3NO3. The molecular weight excluding hydrogens is 263 g/mol. The van der Waals surface area contributed by atoms with Crippen LogP contribution in [0.5, 0.6) is 0 Å². The van der Waals surface area contributed by atoms with Crippen molar-refractivity contribution in [2.24, 2.45) is 0 Å². The highest BCUT2D eigenvalue weighted by atomic mass is 19.4. The number of rotatable bonds is 3. The number of nitrogens with zero attached hydrogens (tertiary/aromatic N) is 1. The Bertz CT molecular complexity index is 476. The van der Waals surface area contributed by atoms with Crippen LogP contribution in [0.2, 0.25) is 0 Å². The summed E-state index contributed by atoms with van der Waals surface area (Å²) in [4.78, 5) is 12.6. The molecule has 0 radical (unpaired) electrons. The Labute approximate surface area is 107 Å². The highest BCUT2D eigenvalue weighted by molar-refractivity contribution is 5.70. The summed E-state index contributed by atoms with van der Waals surface area (Å²) in [7, 11) is 0. The van der Waals surface area contributed by atoms with Crippen molar-refractivity contribution < 1.29 is 27.8 Å². The van der Waals surface area contributed by atoms with Crippen molar-refractivity contribution in [1.29, 1.82) is 0 Å². The maximum Gasteiger partial charge on any atom is 0.416 e. The fourth-order valence-corrected chi connectivity index (χ4v) is 1.94. The third-order valence-electron chi connectivity index (χ3n) is 2.84. The number of carbonyl (C=O) groups excluding carboxylic acids is 1. The van der Waals surface area contributed by atoms with Gasteiger partial charge < -0.3 is 14.7 Å². The topological polar surface area (TPSA) is 49.8 Å². The zero-order valence-corrected chi connectivity index (χ0v) is 9.85. The SMILES string of the molecule is O=C1O[C@@H](CO)CN1Cc1ccccc1C(F)(F)F. The molecule has 1 heterocycles. The summed E-state index contributed by atoms with van der Waals surface area (Å²) >= 11 is 0. The van der Waals surface area contributed by atoms with Gasteiger partial charge in [0, 0.05) is 6.54 Å². The highest BCUT2D eigenvalue weighted by Gasteiger charge is 2.36. The normalized spacial score (nSPS) is 19.7. The van der Waals surface area contributed by atoms with Gasteiger partial charge in [0.25, 0.3) is 0 Å². The lowest BCUT2D eigenvalue weighted by Gasteiger charge is -2.17. The van der Waals surface area contributed by atoms with E-state index in [0.29, 0.717) is 0 Å². The van der Waals surface area contributed by atoms with E-state index >= 15 is 0 Å². The van der Waals surface area contributed by atoms with Gasteiger partial charge in [0.1, 0.15) is 6.10 Å². The number of hydrogen-bond donors (Lipinski definition) is 1. The first-order valence-corrected chi connectivity index (χ1v) is 5.63. The van der Waals surface area contributed by atoms with Crippen LogP contribution >= 0.6 is 0 Å². The van der Waals surface area contributed by atoms with Crippen molar-refractivity contribution in [3.63, 3.8) is 0 Å². The van der Waals surface area contributed by atoms with Gasteiger partial charge in [-0.15, -0.1) is 0 Å². The van der Waals surface area contributed by atoms with Gasteiger partial charge in [0.05, 0.1) is 18.7 Å². The Morgan fingerprint density at radius 1 is 1.37 bits per heavy atom. The number of aliphatic hydroxyl groups is 1. The van der Waals surface area contributed by atoms with Crippen molar-refractivity contribution in [1.82, 2.24) is 4.90 Å². The van der Waals surface area contributed by atoms with E-state index in [1.165, 1.54) is 18.2 Å². The van der Waals surface area contributed by atoms with Crippen LogP contribution in [-0.2, 0) is 17.5 Å². The number of halogens is 3. The fraction of sp³-hybridized carbons (Fsp3) is 0.417. The van der Waals surface area contributed by atoms with E-state index in [2.05, 4.69) is 0 Å². The van der Waals surface area contributed by atoms with Crippen LogP contribution < -0.4 is 0 Å². The molecule has 1 aliphatic heterocycles. The van der Waals surface area contributed by atoms with Crippen molar-refractivity contribution in [3.8, 4) is 0 Å². The Kier molecular flexibility index (Phi) is 3.66. The summed E-state index contributed by atoms with van der Waals surface area (Å²) in [6, 6.07) is 5.07. The Morgan fingerprint density at radius 3 is 2.63 bits per heavy atom. The summed E-state index contributed by atoms with van der Waals surface area (Å²) < 4.78 is 43.1. The van der Waals surface area contributed by atoms with E-state index in [9.17, 15) is 18.0 Å². The van der Waals surface area contributed by atoms with Crippen LogP contribution in [-0.4, -0.2) is 35.4 Å². The van der Waals surface area contributed by atoms with Gasteiger partial charge in [-0.2, -0.15) is 13.2 Å². The summed E-state index contributed by atoms with van der Waals surface area (Å²) in [5.74, 6) is 0. The number of benzene rings is 1. The van der Waals surface area contributed by atoms with Crippen molar-refractivity contribution in [2.75, 3.05) is 13.2 Å². The Balaban J connectivity index is 2.18. The predicted molar refractivity (Wildman–Crippen MR) is 59.2 cm³/mol. The molecule has 1 atom stereocenters. The smallest absolute Gasteiger partial charge is 0.416 e. The molecule has 0 saturated carbocycles. The minimum absolute atomic E-state index is 0.00513. The Hall–Kier alpha value is -1.76. The molecule has 1 aliphatic rings. The molecule has 1 amide bonds. The highest BCUT2D eigenvalue weighted by Crippen LogP contribution is 2.32. The minimum atomic E-state index is -4.46. The Morgan fingerprint density at radius 2 is 2.05 bits per heavy atom. The molecule has 7 heteroatoms. The summed E-state index contributed by atoms with van der Waals surface area (Å²) in [6.07, 6.45) is -5.85. The van der Waals surface area contributed by atoms with Gasteiger partial charge in [-0.05, 0) is 11.6 Å². The number of alkyl halides is 3. The maximum atomic E-state index is 12.8. The molecule has 1 N–H and O–H groups in total. The molecule has 1 fully saturated rings. The lowest BCUT2D eigenvalue weighted by atomic mass is 10.1. The predicted octanol–water partition coefficient (Wildman–Crippen LogP) is 2.02. The monoisotopic (exact) mass is 275 g/mol. The molecule has 1 aromatic carbocycles. The van der Waals surface area contributed by atoms with Crippen LogP contribution in [0.1, 0.15) is 11.1 Å². The maximum absolute atomic E-state index is 12.8. The van der Waals surface area contributed by atoms with Crippen LogP contribution in [0.4, 0.5) is 18.0 Å². The van der Waals surface area contributed by atoms with Gasteiger partial charge in [-0.3, -0.25) is 0 Å². The molecule has 1 saturated heterocycles. The van der Waals surface area contributed by atoms with E-state index in [0.717, 1.165) is 11.0 Å². The average molecular weight is 275 g/mol. The fourth-order valence-electron chi connectivity index (χ4n) is 1.94. The van der Waals surface area contributed by atoms with Gasteiger partial charge >= 0.3 is 12.3 Å². The van der Waals surface area contributed by atoms with Gasteiger partial charge in [-0.25, -0.2) is 4.79 Å². The van der Waals surface area contributed by atoms with Crippen LogP contribution in [0.15, 0.2) is 24.3 Å². The second-order valence-electron chi connectivity index (χ2n) is 4.22. The molecule has 2 rings (SSSR count). The largest absolute Gasteiger partial charge is 0.442 e. The van der Waals surface area contributed by atoms with E-state index < -0.39 is 23.9 Å². The van der Waals surface area contributed by atoms with Crippen molar-refractivity contribution in [2.45, 2.75) is 18.8 Å². The molecule has 0 unspecified atom stereocenters. The molecule has 0 spiro atoms.